The van der Waals surface area contributed by atoms with Crippen molar-refractivity contribution in [3.8, 4) is 0 Å². The van der Waals surface area contributed by atoms with E-state index in [-0.39, 0.29) is 29.8 Å². The van der Waals surface area contributed by atoms with Gasteiger partial charge in [0.25, 0.3) is 10.0 Å². The van der Waals surface area contributed by atoms with Gasteiger partial charge in [-0.2, -0.15) is 0 Å². The van der Waals surface area contributed by atoms with Crippen molar-refractivity contribution in [3.05, 3.63) is 130 Å². The van der Waals surface area contributed by atoms with E-state index >= 15 is 0 Å². The van der Waals surface area contributed by atoms with Crippen LogP contribution in [0.1, 0.15) is 37.0 Å². The van der Waals surface area contributed by atoms with E-state index in [1.165, 1.54) is 17.0 Å². The van der Waals surface area contributed by atoms with Crippen LogP contribution in [0.4, 0.5) is 5.69 Å². The second-order valence-corrected chi connectivity index (χ2v) is 13.7. The summed E-state index contributed by atoms with van der Waals surface area (Å²) in [6.07, 6.45) is 0.932. The first-order valence-electron chi connectivity index (χ1n) is 14.7. The minimum absolute atomic E-state index is 0.0340. The van der Waals surface area contributed by atoms with E-state index in [9.17, 15) is 18.0 Å². The standard InChI is InChI=1S/C35H37Cl2N3O4S/c1-4-26(3)38-35(42)33(22-27-11-7-5-8-12-27)39(23-28-15-17-29(36)18-16-28)34(41)24-40(32-20-19-30(37)21-25(32)2)45(43,44)31-13-9-6-10-14-31/h5-21,26,33H,4,22-24H2,1-3H3,(H,38,42). The number of hydrogen-bond acceptors (Lipinski definition) is 4. The molecule has 4 aromatic carbocycles. The Hall–Kier alpha value is -3.85. The van der Waals surface area contributed by atoms with Gasteiger partial charge in [0, 0.05) is 29.1 Å². The lowest BCUT2D eigenvalue weighted by Crippen LogP contribution is -2.54. The van der Waals surface area contributed by atoms with Crippen molar-refractivity contribution in [3.63, 3.8) is 0 Å². The van der Waals surface area contributed by atoms with Gasteiger partial charge in [0.2, 0.25) is 11.8 Å². The third kappa shape index (κ3) is 8.87. The van der Waals surface area contributed by atoms with E-state index in [1.807, 2.05) is 44.2 Å². The van der Waals surface area contributed by atoms with Gasteiger partial charge in [0.15, 0.2) is 0 Å². The fourth-order valence-electron chi connectivity index (χ4n) is 4.91. The molecular weight excluding hydrogens is 629 g/mol. The normalized spacial score (nSPS) is 12.6. The fourth-order valence-corrected chi connectivity index (χ4v) is 6.77. The molecule has 0 heterocycles. The van der Waals surface area contributed by atoms with E-state index < -0.39 is 28.5 Å². The summed E-state index contributed by atoms with van der Waals surface area (Å²) >= 11 is 12.4. The summed E-state index contributed by atoms with van der Waals surface area (Å²) in [5.74, 6) is -0.866. The molecule has 10 heteroatoms. The summed E-state index contributed by atoms with van der Waals surface area (Å²) in [6.45, 7) is 5.12. The second-order valence-electron chi connectivity index (χ2n) is 10.9. The number of sulfonamides is 1. The summed E-state index contributed by atoms with van der Waals surface area (Å²) < 4.78 is 29.4. The van der Waals surface area contributed by atoms with Gasteiger partial charge < -0.3 is 10.2 Å². The van der Waals surface area contributed by atoms with Crippen molar-refractivity contribution in [1.29, 1.82) is 0 Å². The van der Waals surface area contributed by atoms with Gasteiger partial charge in [-0.25, -0.2) is 8.42 Å². The molecule has 0 spiro atoms. The zero-order valence-electron chi connectivity index (χ0n) is 25.5. The molecule has 0 bridgehead atoms. The van der Waals surface area contributed by atoms with Crippen LogP contribution in [0.2, 0.25) is 10.0 Å². The predicted molar refractivity (Wildman–Crippen MR) is 181 cm³/mol. The molecule has 0 fully saturated rings. The summed E-state index contributed by atoms with van der Waals surface area (Å²) in [5.41, 5.74) is 2.49. The molecule has 236 valence electrons. The summed E-state index contributed by atoms with van der Waals surface area (Å²) in [7, 11) is -4.20. The molecule has 0 aliphatic rings. The zero-order chi connectivity index (χ0) is 32.6. The highest BCUT2D eigenvalue weighted by Gasteiger charge is 2.35. The number of nitrogens with one attached hydrogen (secondary N) is 1. The van der Waals surface area contributed by atoms with Crippen LogP contribution in [0, 0.1) is 6.92 Å². The Labute approximate surface area is 275 Å². The Morgan fingerprint density at radius 3 is 2.02 bits per heavy atom. The van der Waals surface area contributed by atoms with Crippen molar-refractivity contribution in [2.45, 2.75) is 57.1 Å². The number of halogens is 2. The van der Waals surface area contributed by atoms with Crippen molar-refractivity contribution in [1.82, 2.24) is 10.2 Å². The molecule has 0 aromatic heterocycles. The van der Waals surface area contributed by atoms with Crippen LogP contribution in [-0.4, -0.2) is 43.8 Å². The van der Waals surface area contributed by atoms with Gasteiger partial charge in [0.1, 0.15) is 12.6 Å². The lowest BCUT2D eigenvalue weighted by atomic mass is 10.0. The van der Waals surface area contributed by atoms with Gasteiger partial charge in [-0.05, 0) is 79.4 Å². The molecule has 45 heavy (non-hydrogen) atoms. The number of rotatable bonds is 13. The van der Waals surface area contributed by atoms with E-state index in [0.29, 0.717) is 27.7 Å². The first-order valence-corrected chi connectivity index (χ1v) is 16.9. The maximum atomic E-state index is 14.5. The molecule has 2 atom stereocenters. The molecule has 0 saturated carbocycles. The smallest absolute Gasteiger partial charge is 0.264 e. The largest absolute Gasteiger partial charge is 0.352 e. The van der Waals surface area contributed by atoms with Crippen LogP contribution < -0.4 is 9.62 Å². The number of nitrogens with zero attached hydrogens (tertiary/aromatic N) is 2. The molecule has 1 N–H and O–H groups in total. The van der Waals surface area contributed by atoms with Gasteiger partial charge in [-0.3, -0.25) is 13.9 Å². The first-order chi connectivity index (χ1) is 21.5. The monoisotopic (exact) mass is 665 g/mol. The maximum Gasteiger partial charge on any atom is 0.264 e. The van der Waals surface area contributed by atoms with Crippen LogP contribution in [-0.2, 0) is 32.6 Å². The van der Waals surface area contributed by atoms with Crippen LogP contribution in [0.25, 0.3) is 0 Å². The van der Waals surface area contributed by atoms with Crippen LogP contribution in [0.15, 0.2) is 108 Å². The minimum Gasteiger partial charge on any atom is -0.352 e. The summed E-state index contributed by atoms with van der Waals surface area (Å²) in [4.78, 5) is 29.9. The Kier molecular flexibility index (Phi) is 11.7. The molecular formula is C35H37Cl2N3O4S. The number of benzene rings is 4. The van der Waals surface area contributed by atoms with E-state index in [2.05, 4.69) is 5.32 Å². The Morgan fingerprint density at radius 1 is 0.822 bits per heavy atom. The lowest BCUT2D eigenvalue weighted by Gasteiger charge is -2.34. The molecule has 0 radical (unpaired) electrons. The predicted octanol–water partition coefficient (Wildman–Crippen LogP) is 7.05. The average molecular weight is 667 g/mol. The molecule has 0 aliphatic carbocycles. The van der Waals surface area contributed by atoms with E-state index in [4.69, 9.17) is 23.2 Å². The van der Waals surface area contributed by atoms with Crippen molar-refractivity contribution in [2.24, 2.45) is 0 Å². The quantitative estimate of drug-likeness (QED) is 0.166. The summed E-state index contributed by atoms with van der Waals surface area (Å²) in [6, 6.07) is 28.2. The SMILES string of the molecule is CCC(C)NC(=O)C(Cc1ccccc1)N(Cc1ccc(Cl)cc1)C(=O)CN(c1ccc(Cl)cc1C)S(=O)(=O)c1ccccc1. The number of aryl methyl sites for hydroxylation is 1. The maximum absolute atomic E-state index is 14.5. The Balaban J connectivity index is 1.82. The molecule has 4 aromatic rings. The van der Waals surface area contributed by atoms with Crippen LogP contribution in [0.3, 0.4) is 0 Å². The van der Waals surface area contributed by atoms with Crippen LogP contribution in [0.5, 0.6) is 0 Å². The van der Waals surface area contributed by atoms with E-state index in [1.54, 1.807) is 67.6 Å². The zero-order valence-corrected chi connectivity index (χ0v) is 27.8. The molecule has 2 unspecified atom stereocenters. The first kappa shape index (κ1) is 34.0. The Bertz CT molecular complexity index is 1700. The van der Waals surface area contributed by atoms with Crippen LogP contribution >= 0.6 is 23.2 Å². The molecule has 0 aliphatic heterocycles. The highest BCUT2D eigenvalue weighted by molar-refractivity contribution is 7.92. The number of anilines is 1. The highest BCUT2D eigenvalue weighted by Crippen LogP contribution is 2.29. The van der Waals surface area contributed by atoms with Gasteiger partial charge in [-0.1, -0.05) is 90.8 Å². The molecule has 0 saturated heterocycles. The van der Waals surface area contributed by atoms with Crippen molar-refractivity contribution < 1.29 is 18.0 Å². The summed E-state index contributed by atoms with van der Waals surface area (Å²) in [5, 5.41) is 4.01. The van der Waals surface area contributed by atoms with Gasteiger partial charge >= 0.3 is 0 Å². The van der Waals surface area contributed by atoms with Crippen molar-refractivity contribution in [2.75, 3.05) is 10.8 Å². The Morgan fingerprint density at radius 2 is 1.42 bits per heavy atom. The molecule has 4 rings (SSSR count). The van der Waals surface area contributed by atoms with Gasteiger partial charge in [0.05, 0.1) is 10.6 Å². The van der Waals surface area contributed by atoms with Gasteiger partial charge in [-0.15, -0.1) is 0 Å². The average Bonchev–Trinajstić information content (AvgIpc) is 3.03. The number of carbonyl (C=O) groups is 2. The second kappa shape index (κ2) is 15.4. The molecule has 2 amide bonds. The fraction of sp³-hybridized carbons (Fsp3) is 0.257. The highest BCUT2D eigenvalue weighted by atomic mass is 35.5. The topological polar surface area (TPSA) is 86.8 Å². The minimum atomic E-state index is -4.20. The molecule has 7 nitrogen and oxygen atoms in total. The lowest BCUT2D eigenvalue weighted by molar-refractivity contribution is -0.140. The third-order valence-electron chi connectivity index (χ3n) is 7.58. The number of amides is 2. The number of hydrogen-bond donors (Lipinski definition) is 1. The van der Waals surface area contributed by atoms with E-state index in [0.717, 1.165) is 15.4 Å². The van der Waals surface area contributed by atoms with Crippen molar-refractivity contribution >= 4 is 50.7 Å². The third-order valence-corrected chi connectivity index (χ3v) is 9.84. The number of carbonyl (C=O) groups excluding carboxylic acids is 2.